The number of nitrogens with zero attached hydrogens (tertiary/aromatic N) is 3. The smallest absolute Gasteiger partial charge is 0.139 e. The van der Waals surface area contributed by atoms with Crippen molar-refractivity contribution in [3.63, 3.8) is 0 Å². The number of hydrazine groups is 1. The summed E-state index contributed by atoms with van der Waals surface area (Å²) in [7, 11) is 2.09. The van der Waals surface area contributed by atoms with Crippen LogP contribution in [-0.2, 0) is 13.1 Å². The van der Waals surface area contributed by atoms with Crippen LogP contribution >= 0.6 is 11.3 Å². The number of nitrogens with two attached hydrogens (primary N) is 1. The summed E-state index contributed by atoms with van der Waals surface area (Å²) in [6.45, 7) is 3.81. The van der Waals surface area contributed by atoms with Crippen molar-refractivity contribution >= 4 is 17.2 Å². The number of rotatable bonds is 5. The molecule has 0 aromatic carbocycles. The molecule has 6 heteroatoms. The molecule has 0 fully saturated rings. The van der Waals surface area contributed by atoms with E-state index in [9.17, 15) is 0 Å². The Morgan fingerprint density at radius 3 is 2.72 bits per heavy atom. The molecule has 2 aromatic rings. The van der Waals surface area contributed by atoms with Gasteiger partial charge in [-0.2, -0.15) is 0 Å². The van der Waals surface area contributed by atoms with Crippen molar-refractivity contribution in [3.8, 4) is 0 Å². The highest BCUT2D eigenvalue weighted by molar-refractivity contribution is 7.09. The van der Waals surface area contributed by atoms with Gasteiger partial charge in [0.15, 0.2) is 0 Å². The van der Waals surface area contributed by atoms with Crippen LogP contribution in [0.25, 0.3) is 0 Å². The summed E-state index contributed by atoms with van der Waals surface area (Å²) in [4.78, 5) is 12.0. The molecular formula is C12H17N5S. The Kier molecular flexibility index (Phi) is 4.24. The molecule has 0 aliphatic carbocycles. The van der Waals surface area contributed by atoms with Crippen LogP contribution in [0.1, 0.15) is 16.1 Å². The van der Waals surface area contributed by atoms with Crippen molar-refractivity contribution in [1.82, 2.24) is 14.9 Å². The third-order valence-corrected chi connectivity index (χ3v) is 3.60. The molecule has 0 spiro atoms. The van der Waals surface area contributed by atoms with Gasteiger partial charge in [0.2, 0.25) is 0 Å². The summed E-state index contributed by atoms with van der Waals surface area (Å²) in [6, 6.07) is 3.90. The van der Waals surface area contributed by atoms with Crippen molar-refractivity contribution in [1.29, 1.82) is 0 Å². The average Bonchev–Trinajstić information content (AvgIpc) is 2.76. The molecule has 18 heavy (non-hydrogen) atoms. The Bertz CT molecular complexity index is 493. The number of aromatic nitrogens is 2. The Labute approximate surface area is 111 Å². The van der Waals surface area contributed by atoms with E-state index >= 15 is 0 Å². The van der Waals surface area contributed by atoms with Gasteiger partial charge in [0.1, 0.15) is 5.82 Å². The molecule has 0 saturated heterocycles. The topological polar surface area (TPSA) is 67.1 Å². The molecule has 0 unspecified atom stereocenters. The molecule has 3 N–H and O–H groups in total. The SMILES string of the molecule is Cc1ncsc1CN(C)Cc1ccc(NN)nc1. The first kappa shape index (κ1) is 12.9. The molecule has 2 rings (SSSR count). The van der Waals surface area contributed by atoms with E-state index in [2.05, 4.69) is 27.3 Å². The van der Waals surface area contributed by atoms with Gasteiger partial charge in [-0.3, -0.25) is 4.90 Å². The Balaban J connectivity index is 1.94. The quantitative estimate of drug-likeness (QED) is 0.635. The van der Waals surface area contributed by atoms with Gasteiger partial charge in [-0.1, -0.05) is 6.07 Å². The molecule has 0 aliphatic heterocycles. The first-order valence-electron chi connectivity index (χ1n) is 5.68. The molecule has 0 amide bonds. The zero-order valence-electron chi connectivity index (χ0n) is 10.6. The first-order chi connectivity index (χ1) is 8.69. The van der Waals surface area contributed by atoms with Gasteiger partial charge in [0, 0.05) is 24.2 Å². The van der Waals surface area contributed by atoms with E-state index in [0.717, 1.165) is 18.8 Å². The van der Waals surface area contributed by atoms with Gasteiger partial charge in [0.05, 0.1) is 11.2 Å². The predicted octanol–water partition coefficient (Wildman–Crippen LogP) is 1.76. The molecule has 0 bridgehead atoms. The van der Waals surface area contributed by atoms with Gasteiger partial charge in [-0.05, 0) is 25.6 Å². The number of hydrogen-bond donors (Lipinski definition) is 2. The number of thiazole rings is 1. The highest BCUT2D eigenvalue weighted by atomic mass is 32.1. The van der Waals surface area contributed by atoms with E-state index in [4.69, 9.17) is 5.84 Å². The first-order valence-corrected chi connectivity index (χ1v) is 6.56. The summed E-state index contributed by atoms with van der Waals surface area (Å²) < 4.78 is 0. The van der Waals surface area contributed by atoms with Crippen LogP contribution in [-0.4, -0.2) is 21.9 Å². The van der Waals surface area contributed by atoms with Crippen LogP contribution < -0.4 is 11.3 Å². The second kappa shape index (κ2) is 5.90. The van der Waals surface area contributed by atoms with Gasteiger partial charge in [-0.25, -0.2) is 15.8 Å². The Morgan fingerprint density at radius 2 is 2.17 bits per heavy atom. The maximum absolute atomic E-state index is 5.28. The summed E-state index contributed by atoms with van der Waals surface area (Å²) in [5.74, 6) is 5.96. The molecule has 0 atom stereocenters. The molecule has 2 aromatic heterocycles. The highest BCUT2D eigenvalue weighted by Gasteiger charge is 2.06. The van der Waals surface area contributed by atoms with Crippen molar-refractivity contribution in [2.24, 2.45) is 5.84 Å². The Hall–Kier alpha value is -1.50. The lowest BCUT2D eigenvalue weighted by Crippen LogP contribution is -2.17. The second-order valence-electron chi connectivity index (χ2n) is 4.23. The van der Waals surface area contributed by atoms with Crippen LogP contribution in [0.15, 0.2) is 23.8 Å². The van der Waals surface area contributed by atoms with E-state index in [1.807, 2.05) is 30.8 Å². The van der Waals surface area contributed by atoms with Gasteiger partial charge < -0.3 is 5.43 Å². The standard InChI is InChI=1S/C12H17N5S/c1-9-11(18-8-15-9)7-17(2)6-10-3-4-12(16-13)14-5-10/h3-5,8H,6-7,13H2,1-2H3,(H,14,16). The largest absolute Gasteiger partial charge is 0.308 e. The molecule has 0 saturated carbocycles. The van der Waals surface area contributed by atoms with E-state index in [1.54, 1.807) is 11.3 Å². The summed E-state index contributed by atoms with van der Waals surface area (Å²) in [5.41, 5.74) is 6.69. The molecule has 96 valence electrons. The van der Waals surface area contributed by atoms with Crippen molar-refractivity contribution in [2.75, 3.05) is 12.5 Å². The molecule has 0 radical (unpaired) electrons. The monoisotopic (exact) mass is 263 g/mol. The maximum atomic E-state index is 5.28. The summed E-state index contributed by atoms with van der Waals surface area (Å²) in [5, 5.41) is 0. The minimum Gasteiger partial charge on any atom is -0.308 e. The third kappa shape index (κ3) is 3.25. The number of pyridine rings is 1. The minimum atomic E-state index is 0.680. The fourth-order valence-corrected chi connectivity index (χ4v) is 2.55. The minimum absolute atomic E-state index is 0.680. The van der Waals surface area contributed by atoms with Crippen molar-refractivity contribution in [3.05, 3.63) is 40.0 Å². The van der Waals surface area contributed by atoms with E-state index < -0.39 is 0 Å². The zero-order valence-corrected chi connectivity index (χ0v) is 11.4. The number of nitrogen functional groups attached to an aromatic ring is 1. The number of hydrogen-bond acceptors (Lipinski definition) is 6. The van der Waals surface area contributed by atoms with Gasteiger partial charge >= 0.3 is 0 Å². The van der Waals surface area contributed by atoms with Crippen molar-refractivity contribution in [2.45, 2.75) is 20.0 Å². The van der Waals surface area contributed by atoms with Crippen LogP contribution in [0, 0.1) is 6.92 Å². The van der Waals surface area contributed by atoms with Gasteiger partial charge in [0.25, 0.3) is 0 Å². The van der Waals surface area contributed by atoms with Gasteiger partial charge in [-0.15, -0.1) is 11.3 Å². The molecule has 5 nitrogen and oxygen atoms in total. The van der Waals surface area contributed by atoms with Crippen molar-refractivity contribution < 1.29 is 0 Å². The van der Waals surface area contributed by atoms with E-state index in [-0.39, 0.29) is 0 Å². The van der Waals surface area contributed by atoms with Crippen LogP contribution in [0.5, 0.6) is 0 Å². The van der Waals surface area contributed by atoms with Crippen LogP contribution in [0.3, 0.4) is 0 Å². The number of nitrogens with one attached hydrogen (secondary N) is 1. The molecule has 0 aliphatic rings. The normalized spacial score (nSPS) is 10.9. The molecular weight excluding hydrogens is 246 g/mol. The third-order valence-electron chi connectivity index (χ3n) is 2.68. The Morgan fingerprint density at radius 1 is 1.33 bits per heavy atom. The highest BCUT2D eigenvalue weighted by Crippen LogP contribution is 2.15. The van der Waals surface area contributed by atoms with E-state index in [1.165, 1.54) is 10.4 Å². The number of anilines is 1. The summed E-state index contributed by atoms with van der Waals surface area (Å²) in [6.07, 6.45) is 1.84. The lowest BCUT2D eigenvalue weighted by molar-refractivity contribution is 0.321. The fourth-order valence-electron chi connectivity index (χ4n) is 1.69. The van der Waals surface area contributed by atoms with Crippen LogP contribution in [0.2, 0.25) is 0 Å². The fraction of sp³-hybridized carbons (Fsp3) is 0.333. The molecule has 2 heterocycles. The number of aryl methyl sites for hydroxylation is 1. The van der Waals surface area contributed by atoms with Crippen LogP contribution in [0.4, 0.5) is 5.82 Å². The van der Waals surface area contributed by atoms with E-state index in [0.29, 0.717) is 5.82 Å². The average molecular weight is 263 g/mol. The summed E-state index contributed by atoms with van der Waals surface area (Å²) >= 11 is 1.70. The predicted molar refractivity (Wildman–Crippen MR) is 74.1 cm³/mol. The zero-order chi connectivity index (χ0) is 13.0. The lowest BCUT2D eigenvalue weighted by atomic mass is 10.2. The lowest BCUT2D eigenvalue weighted by Gasteiger charge is -2.16. The maximum Gasteiger partial charge on any atom is 0.139 e. The second-order valence-corrected chi connectivity index (χ2v) is 5.17.